The number of hydrogen-bond donors (Lipinski definition) is 0. The Kier molecular flexibility index (Phi) is 4.16. The highest BCUT2D eigenvalue weighted by Crippen LogP contribution is 2.24. The molecule has 0 saturated carbocycles. The van der Waals surface area contributed by atoms with Crippen LogP contribution < -0.4 is 0 Å². The maximum Gasteiger partial charge on any atom is 0.257 e. The molecule has 0 spiro atoms. The average Bonchev–Trinajstić information content (AvgIpc) is 3.10. The summed E-state index contributed by atoms with van der Waals surface area (Å²) in [6.45, 7) is 1.43. The molecule has 3 aromatic heterocycles. The van der Waals surface area contributed by atoms with Gasteiger partial charge in [0.05, 0.1) is 15.8 Å². The van der Waals surface area contributed by atoms with E-state index in [-0.39, 0.29) is 0 Å². The van der Waals surface area contributed by atoms with Crippen molar-refractivity contribution >= 4 is 34.3 Å². The van der Waals surface area contributed by atoms with Crippen LogP contribution in [-0.4, -0.2) is 22.1 Å². The van der Waals surface area contributed by atoms with E-state index < -0.39 is 0 Å². The van der Waals surface area contributed by atoms with Gasteiger partial charge in [0.15, 0.2) is 0 Å². The maximum atomic E-state index is 5.92. The van der Waals surface area contributed by atoms with E-state index >= 15 is 0 Å². The largest absolute Gasteiger partial charge is 0.419 e. The van der Waals surface area contributed by atoms with Crippen LogP contribution in [-0.2, 0) is 13.1 Å². The third-order valence-electron chi connectivity index (χ3n) is 2.66. The SMILES string of the molecule is CN(Cc1nnc(-c2cccs2)o1)Cc1ccc(Cl)s1. The lowest BCUT2D eigenvalue weighted by atomic mass is 10.4. The van der Waals surface area contributed by atoms with Gasteiger partial charge in [-0.15, -0.1) is 32.9 Å². The molecule has 0 amide bonds. The topological polar surface area (TPSA) is 42.2 Å². The van der Waals surface area contributed by atoms with Crippen molar-refractivity contribution in [1.29, 1.82) is 0 Å². The van der Waals surface area contributed by atoms with Gasteiger partial charge in [-0.25, -0.2) is 0 Å². The summed E-state index contributed by atoms with van der Waals surface area (Å²) in [4.78, 5) is 4.33. The number of halogens is 1. The maximum absolute atomic E-state index is 5.92. The molecule has 0 aromatic carbocycles. The minimum Gasteiger partial charge on any atom is -0.419 e. The van der Waals surface area contributed by atoms with Gasteiger partial charge >= 0.3 is 0 Å². The predicted molar refractivity (Wildman–Crippen MR) is 82.1 cm³/mol. The van der Waals surface area contributed by atoms with Gasteiger partial charge in [0.2, 0.25) is 5.89 Å². The van der Waals surface area contributed by atoms with Crippen LogP contribution in [0.3, 0.4) is 0 Å². The molecule has 0 aliphatic carbocycles. The fourth-order valence-electron chi connectivity index (χ4n) is 1.81. The molecule has 0 aliphatic rings. The highest BCUT2D eigenvalue weighted by Gasteiger charge is 2.12. The van der Waals surface area contributed by atoms with Gasteiger partial charge in [0, 0.05) is 11.4 Å². The van der Waals surface area contributed by atoms with Crippen molar-refractivity contribution in [2.24, 2.45) is 0 Å². The van der Waals surface area contributed by atoms with E-state index in [0.29, 0.717) is 18.3 Å². The standard InChI is InChI=1S/C13H12ClN3OS2/c1-17(7-9-4-5-11(14)20-9)8-12-15-16-13(18-12)10-3-2-6-19-10/h2-6H,7-8H2,1H3. The fourth-order valence-corrected chi connectivity index (χ4v) is 3.62. The van der Waals surface area contributed by atoms with Gasteiger partial charge in [0.1, 0.15) is 0 Å². The molecule has 3 heterocycles. The summed E-state index contributed by atoms with van der Waals surface area (Å²) in [6, 6.07) is 7.89. The van der Waals surface area contributed by atoms with Crippen LogP contribution in [0.4, 0.5) is 0 Å². The molecule has 0 saturated heterocycles. The minimum absolute atomic E-state index is 0.586. The molecular formula is C13H12ClN3OS2. The molecule has 0 aliphatic heterocycles. The Morgan fingerprint density at radius 1 is 1.25 bits per heavy atom. The molecule has 7 heteroatoms. The monoisotopic (exact) mass is 325 g/mol. The van der Waals surface area contributed by atoms with Crippen LogP contribution in [0.1, 0.15) is 10.8 Å². The average molecular weight is 326 g/mol. The first kappa shape index (κ1) is 13.8. The third kappa shape index (κ3) is 3.27. The Morgan fingerprint density at radius 2 is 2.15 bits per heavy atom. The first-order valence-electron chi connectivity index (χ1n) is 6.00. The molecule has 0 radical (unpaired) electrons. The number of rotatable bonds is 5. The summed E-state index contributed by atoms with van der Waals surface area (Å²) in [6.07, 6.45) is 0. The van der Waals surface area contributed by atoms with E-state index in [4.69, 9.17) is 16.0 Å². The fraction of sp³-hybridized carbons (Fsp3) is 0.231. The van der Waals surface area contributed by atoms with Crippen molar-refractivity contribution < 1.29 is 4.42 Å². The van der Waals surface area contributed by atoms with Crippen LogP contribution in [0.15, 0.2) is 34.1 Å². The molecule has 20 heavy (non-hydrogen) atoms. The molecule has 0 fully saturated rings. The Hall–Kier alpha value is -1.21. The molecular weight excluding hydrogens is 314 g/mol. The van der Waals surface area contributed by atoms with Crippen molar-refractivity contribution in [1.82, 2.24) is 15.1 Å². The summed E-state index contributed by atoms with van der Waals surface area (Å²) < 4.78 is 6.48. The summed E-state index contributed by atoms with van der Waals surface area (Å²) in [5.74, 6) is 1.21. The number of nitrogens with zero attached hydrogens (tertiary/aromatic N) is 3. The quantitative estimate of drug-likeness (QED) is 0.707. The third-order valence-corrected chi connectivity index (χ3v) is 4.73. The highest BCUT2D eigenvalue weighted by atomic mass is 35.5. The molecule has 0 unspecified atom stereocenters. The van der Waals surface area contributed by atoms with E-state index in [1.54, 1.807) is 22.7 Å². The van der Waals surface area contributed by atoms with Gasteiger partial charge in [0.25, 0.3) is 5.89 Å². The first-order chi connectivity index (χ1) is 9.70. The van der Waals surface area contributed by atoms with E-state index in [2.05, 4.69) is 15.1 Å². The minimum atomic E-state index is 0.586. The second-order valence-corrected chi connectivity index (χ2v) is 7.10. The van der Waals surface area contributed by atoms with Gasteiger partial charge in [-0.1, -0.05) is 17.7 Å². The van der Waals surface area contributed by atoms with Crippen LogP contribution >= 0.6 is 34.3 Å². The lowest BCUT2D eigenvalue weighted by molar-refractivity contribution is 0.285. The van der Waals surface area contributed by atoms with Crippen LogP contribution in [0.5, 0.6) is 0 Å². The highest BCUT2D eigenvalue weighted by molar-refractivity contribution is 7.16. The predicted octanol–water partition coefficient (Wildman–Crippen LogP) is 4.15. The Balaban J connectivity index is 1.63. The van der Waals surface area contributed by atoms with Crippen LogP contribution in [0.25, 0.3) is 10.8 Å². The summed E-state index contributed by atoms with van der Waals surface area (Å²) in [7, 11) is 2.02. The number of hydrogen-bond acceptors (Lipinski definition) is 6. The summed E-state index contributed by atoms with van der Waals surface area (Å²) in [5, 5.41) is 10.1. The summed E-state index contributed by atoms with van der Waals surface area (Å²) >= 11 is 9.10. The smallest absolute Gasteiger partial charge is 0.257 e. The number of thiophene rings is 2. The lowest BCUT2D eigenvalue weighted by Gasteiger charge is -2.12. The number of aromatic nitrogens is 2. The van der Waals surface area contributed by atoms with Gasteiger partial charge < -0.3 is 4.42 Å². The second kappa shape index (κ2) is 6.05. The van der Waals surface area contributed by atoms with E-state index in [1.807, 2.05) is 36.7 Å². The molecule has 0 bridgehead atoms. The van der Waals surface area contributed by atoms with Crippen molar-refractivity contribution in [3.8, 4) is 10.8 Å². The molecule has 4 nitrogen and oxygen atoms in total. The molecule has 0 N–H and O–H groups in total. The van der Waals surface area contributed by atoms with Gasteiger partial charge in [-0.05, 0) is 30.6 Å². The zero-order valence-corrected chi connectivity index (χ0v) is 13.1. The van der Waals surface area contributed by atoms with E-state index in [1.165, 1.54) is 4.88 Å². The van der Waals surface area contributed by atoms with Crippen LogP contribution in [0.2, 0.25) is 4.34 Å². The van der Waals surface area contributed by atoms with Crippen LogP contribution in [0, 0.1) is 0 Å². The second-order valence-electron chi connectivity index (χ2n) is 4.36. The summed E-state index contributed by atoms with van der Waals surface area (Å²) in [5.41, 5.74) is 0. The van der Waals surface area contributed by atoms with Crippen molar-refractivity contribution in [3.63, 3.8) is 0 Å². The Morgan fingerprint density at radius 3 is 2.85 bits per heavy atom. The molecule has 104 valence electrons. The molecule has 0 atom stereocenters. The normalized spacial score (nSPS) is 11.3. The van der Waals surface area contributed by atoms with Crippen molar-refractivity contribution in [2.45, 2.75) is 13.1 Å². The molecule has 3 rings (SSSR count). The van der Waals surface area contributed by atoms with Crippen molar-refractivity contribution in [2.75, 3.05) is 7.05 Å². The van der Waals surface area contributed by atoms with Gasteiger partial charge in [-0.2, -0.15) is 0 Å². The molecule has 3 aromatic rings. The van der Waals surface area contributed by atoms with E-state index in [0.717, 1.165) is 15.8 Å². The zero-order chi connectivity index (χ0) is 13.9. The first-order valence-corrected chi connectivity index (χ1v) is 8.07. The van der Waals surface area contributed by atoms with Crippen molar-refractivity contribution in [3.05, 3.63) is 44.7 Å². The zero-order valence-electron chi connectivity index (χ0n) is 10.7. The Bertz CT molecular complexity index is 677. The Labute approximate surface area is 129 Å². The van der Waals surface area contributed by atoms with E-state index in [9.17, 15) is 0 Å². The van der Waals surface area contributed by atoms with Gasteiger partial charge in [-0.3, -0.25) is 4.90 Å². The lowest BCUT2D eigenvalue weighted by Crippen LogP contribution is -2.16.